The van der Waals surface area contributed by atoms with Crippen LogP contribution in [-0.4, -0.2) is 29.9 Å². The third-order valence-corrected chi connectivity index (χ3v) is 3.81. The molecule has 2 aliphatic rings. The molecule has 0 bridgehead atoms. The van der Waals surface area contributed by atoms with Gasteiger partial charge < -0.3 is 10.6 Å². The molecular weight excluding hydrogens is 200 g/mol. The highest BCUT2D eigenvalue weighted by Crippen LogP contribution is 2.25. The second-order valence-corrected chi connectivity index (χ2v) is 5.21. The Balaban J connectivity index is 1.92. The smallest absolute Gasteiger partial charge is 0.226 e. The molecule has 2 atom stereocenters. The Bertz CT molecular complexity index is 298. The monoisotopic (exact) mass is 222 g/mol. The maximum atomic E-state index is 12.2. The Labute approximate surface area is 97.7 Å². The van der Waals surface area contributed by atoms with Crippen molar-refractivity contribution >= 4 is 5.91 Å². The number of nitrogens with two attached hydrogens (primary N) is 1. The molecule has 0 aromatic carbocycles. The van der Waals surface area contributed by atoms with Gasteiger partial charge in [-0.3, -0.25) is 4.79 Å². The van der Waals surface area contributed by atoms with Gasteiger partial charge in [-0.15, -0.1) is 0 Å². The Morgan fingerprint density at radius 1 is 1.50 bits per heavy atom. The van der Waals surface area contributed by atoms with Crippen LogP contribution in [0.3, 0.4) is 0 Å². The lowest BCUT2D eigenvalue weighted by Gasteiger charge is -2.32. The van der Waals surface area contributed by atoms with E-state index in [-0.39, 0.29) is 12.0 Å². The molecule has 1 fully saturated rings. The highest BCUT2D eigenvalue weighted by atomic mass is 16.2. The number of rotatable bonds is 1. The molecule has 1 aliphatic heterocycles. The fraction of sp³-hybridized carbons (Fsp3) is 0.769. The number of carbonyl (C=O) groups is 1. The van der Waals surface area contributed by atoms with Gasteiger partial charge in [0.25, 0.3) is 0 Å². The normalized spacial score (nSPS) is 31.1. The van der Waals surface area contributed by atoms with Gasteiger partial charge in [0, 0.05) is 25.0 Å². The molecule has 0 aromatic rings. The molecule has 1 heterocycles. The van der Waals surface area contributed by atoms with Gasteiger partial charge in [0.15, 0.2) is 0 Å². The van der Waals surface area contributed by atoms with Crippen LogP contribution in [0.5, 0.6) is 0 Å². The highest BCUT2D eigenvalue weighted by Gasteiger charge is 2.29. The summed E-state index contributed by atoms with van der Waals surface area (Å²) in [5, 5.41) is 0. The van der Waals surface area contributed by atoms with Crippen molar-refractivity contribution in [2.45, 2.75) is 45.1 Å². The van der Waals surface area contributed by atoms with E-state index in [1.807, 2.05) is 4.90 Å². The molecule has 3 nitrogen and oxygen atoms in total. The zero-order valence-corrected chi connectivity index (χ0v) is 10.1. The number of hydrogen-bond acceptors (Lipinski definition) is 2. The summed E-state index contributed by atoms with van der Waals surface area (Å²) in [7, 11) is 0. The fourth-order valence-corrected chi connectivity index (χ4v) is 2.68. The van der Waals surface area contributed by atoms with Crippen molar-refractivity contribution in [1.82, 2.24) is 4.90 Å². The van der Waals surface area contributed by atoms with E-state index in [1.165, 1.54) is 5.57 Å². The summed E-state index contributed by atoms with van der Waals surface area (Å²) in [5.74, 6) is 0.523. The largest absolute Gasteiger partial charge is 0.338 e. The van der Waals surface area contributed by atoms with E-state index >= 15 is 0 Å². The lowest BCUT2D eigenvalue weighted by atomic mass is 9.85. The zero-order chi connectivity index (χ0) is 11.5. The predicted octanol–water partition coefficient (Wildman–Crippen LogP) is 1.68. The lowest BCUT2D eigenvalue weighted by molar-refractivity contribution is -0.136. The summed E-state index contributed by atoms with van der Waals surface area (Å²) in [6, 6.07) is 0.241. The molecule has 1 saturated carbocycles. The van der Waals surface area contributed by atoms with E-state index in [4.69, 9.17) is 5.73 Å². The van der Waals surface area contributed by atoms with Crippen LogP contribution in [-0.2, 0) is 4.79 Å². The third-order valence-electron chi connectivity index (χ3n) is 3.81. The summed E-state index contributed by atoms with van der Waals surface area (Å²) in [4.78, 5) is 14.2. The number of carbonyl (C=O) groups excluding carboxylic acids is 1. The van der Waals surface area contributed by atoms with Crippen LogP contribution in [0.1, 0.15) is 39.0 Å². The van der Waals surface area contributed by atoms with Gasteiger partial charge in [-0.1, -0.05) is 18.1 Å². The van der Waals surface area contributed by atoms with Crippen molar-refractivity contribution in [3.63, 3.8) is 0 Å². The molecule has 1 aliphatic carbocycles. The number of hydrogen-bond donors (Lipinski definition) is 1. The van der Waals surface area contributed by atoms with E-state index in [0.29, 0.717) is 5.91 Å². The topological polar surface area (TPSA) is 46.3 Å². The van der Waals surface area contributed by atoms with Gasteiger partial charge in [-0.2, -0.15) is 0 Å². The Morgan fingerprint density at radius 2 is 2.31 bits per heavy atom. The van der Waals surface area contributed by atoms with Gasteiger partial charge in [0.2, 0.25) is 5.91 Å². The number of amides is 1. The highest BCUT2D eigenvalue weighted by molar-refractivity contribution is 5.79. The molecule has 0 radical (unpaired) electrons. The van der Waals surface area contributed by atoms with Gasteiger partial charge in [-0.25, -0.2) is 0 Å². The molecule has 2 unspecified atom stereocenters. The van der Waals surface area contributed by atoms with Crippen molar-refractivity contribution in [1.29, 1.82) is 0 Å². The summed E-state index contributed by atoms with van der Waals surface area (Å²) in [6.45, 7) is 3.83. The van der Waals surface area contributed by atoms with E-state index in [1.54, 1.807) is 0 Å². The lowest BCUT2D eigenvalue weighted by Crippen LogP contribution is -2.42. The van der Waals surface area contributed by atoms with Crippen molar-refractivity contribution in [2.75, 3.05) is 13.1 Å². The Hall–Kier alpha value is -0.830. The number of nitrogens with zero attached hydrogens (tertiary/aromatic N) is 1. The maximum Gasteiger partial charge on any atom is 0.226 e. The third kappa shape index (κ3) is 2.64. The van der Waals surface area contributed by atoms with Crippen LogP contribution in [0, 0.1) is 5.92 Å². The van der Waals surface area contributed by atoms with Gasteiger partial charge in [-0.05, 0) is 32.6 Å². The molecule has 0 saturated heterocycles. The first-order valence-corrected chi connectivity index (χ1v) is 6.37. The molecule has 1 amide bonds. The average Bonchev–Trinajstić information content (AvgIpc) is 2.29. The van der Waals surface area contributed by atoms with Gasteiger partial charge in [0.05, 0.1) is 0 Å². The second kappa shape index (κ2) is 5.00. The molecule has 2 rings (SSSR count). The van der Waals surface area contributed by atoms with Crippen LogP contribution in [0.2, 0.25) is 0 Å². The predicted molar refractivity (Wildman–Crippen MR) is 64.9 cm³/mol. The van der Waals surface area contributed by atoms with Crippen molar-refractivity contribution < 1.29 is 4.79 Å². The van der Waals surface area contributed by atoms with E-state index in [9.17, 15) is 4.79 Å². The van der Waals surface area contributed by atoms with Gasteiger partial charge in [0.1, 0.15) is 0 Å². The molecule has 0 spiro atoms. The molecule has 90 valence electrons. The molecule has 0 aromatic heterocycles. The summed E-state index contributed by atoms with van der Waals surface area (Å²) in [6.07, 6.45) is 7.32. The fourth-order valence-electron chi connectivity index (χ4n) is 2.68. The summed E-state index contributed by atoms with van der Waals surface area (Å²) >= 11 is 0. The Morgan fingerprint density at radius 3 is 2.94 bits per heavy atom. The molecular formula is C13H22N2O. The van der Waals surface area contributed by atoms with Crippen molar-refractivity contribution in [3.05, 3.63) is 11.6 Å². The standard InChI is InChI=1S/C13H22N2O/c1-10-5-7-15(8-6-10)13(16)11-3-2-4-12(14)9-11/h5,11-12H,2-4,6-9,14H2,1H3. The molecule has 16 heavy (non-hydrogen) atoms. The zero-order valence-electron chi connectivity index (χ0n) is 10.1. The average molecular weight is 222 g/mol. The minimum atomic E-state index is 0.190. The molecule has 3 heteroatoms. The van der Waals surface area contributed by atoms with Gasteiger partial charge >= 0.3 is 0 Å². The SMILES string of the molecule is CC1=CCN(C(=O)C2CCCC(N)C2)CC1. The first-order chi connectivity index (χ1) is 7.66. The van der Waals surface area contributed by atoms with Crippen molar-refractivity contribution in [3.8, 4) is 0 Å². The van der Waals surface area contributed by atoms with E-state index in [0.717, 1.165) is 45.2 Å². The van der Waals surface area contributed by atoms with E-state index < -0.39 is 0 Å². The second-order valence-electron chi connectivity index (χ2n) is 5.21. The maximum absolute atomic E-state index is 12.2. The first-order valence-electron chi connectivity index (χ1n) is 6.37. The van der Waals surface area contributed by atoms with Crippen LogP contribution in [0.25, 0.3) is 0 Å². The summed E-state index contributed by atoms with van der Waals surface area (Å²) in [5.41, 5.74) is 7.34. The van der Waals surface area contributed by atoms with Crippen LogP contribution in [0.15, 0.2) is 11.6 Å². The summed E-state index contributed by atoms with van der Waals surface area (Å²) < 4.78 is 0. The van der Waals surface area contributed by atoms with Crippen LogP contribution < -0.4 is 5.73 Å². The van der Waals surface area contributed by atoms with E-state index in [2.05, 4.69) is 13.0 Å². The van der Waals surface area contributed by atoms with Crippen LogP contribution >= 0.6 is 0 Å². The van der Waals surface area contributed by atoms with Crippen LogP contribution in [0.4, 0.5) is 0 Å². The first kappa shape index (κ1) is 11.6. The minimum Gasteiger partial charge on any atom is -0.338 e. The molecule has 2 N–H and O–H groups in total. The quantitative estimate of drug-likeness (QED) is 0.686. The van der Waals surface area contributed by atoms with Crippen molar-refractivity contribution in [2.24, 2.45) is 11.7 Å². The minimum absolute atomic E-state index is 0.190. The Kier molecular flexibility index (Phi) is 3.64.